The number of hydrazine groups is 1. The fourth-order valence-corrected chi connectivity index (χ4v) is 2.95. The zero-order valence-corrected chi connectivity index (χ0v) is 13.6. The fourth-order valence-electron chi connectivity index (χ4n) is 2.95. The van der Waals surface area contributed by atoms with Gasteiger partial charge in [0.2, 0.25) is 0 Å². The Kier molecular flexibility index (Phi) is 3.68. The summed E-state index contributed by atoms with van der Waals surface area (Å²) < 4.78 is 1.72. The van der Waals surface area contributed by atoms with Gasteiger partial charge in [0.05, 0.1) is 24.1 Å². The molecule has 4 aromatic rings. The molecule has 0 radical (unpaired) electrons. The van der Waals surface area contributed by atoms with Crippen LogP contribution in [0.15, 0.2) is 42.9 Å². The van der Waals surface area contributed by atoms with Crippen LogP contribution in [0.4, 0.5) is 5.69 Å². The van der Waals surface area contributed by atoms with Gasteiger partial charge in [-0.3, -0.25) is 10.5 Å². The van der Waals surface area contributed by atoms with Crippen molar-refractivity contribution in [3.63, 3.8) is 0 Å². The Morgan fingerprint density at radius 2 is 2.16 bits per heavy atom. The first-order valence-corrected chi connectivity index (χ1v) is 7.74. The summed E-state index contributed by atoms with van der Waals surface area (Å²) in [6, 6.07) is 7.51. The van der Waals surface area contributed by atoms with Crippen molar-refractivity contribution in [1.82, 2.24) is 24.7 Å². The van der Waals surface area contributed by atoms with E-state index in [2.05, 4.69) is 20.5 Å². The van der Waals surface area contributed by atoms with Crippen molar-refractivity contribution in [2.24, 2.45) is 12.9 Å². The van der Waals surface area contributed by atoms with E-state index in [1.165, 1.54) is 0 Å². The van der Waals surface area contributed by atoms with Crippen LogP contribution in [0, 0.1) is 0 Å². The van der Waals surface area contributed by atoms with Gasteiger partial charge in [-0.25, -0.2) is 9.97 Å². The molecule has 3 aromatic heterocycles. The number of aryl methyl sites for hydroxylation is 1. The number of anilines is 1. The number of aliphatic hydroxyl groups excluding tert-OH is 1. The average Bonchev–Trinajstić information content (AvgIpc) is 3.26. The zero-order chi connectivity index (χ0) is 17.4. The molecule has 0 saturated heterocycles. The number of nitrogens with zero attached hydrogens (tertiary/aromatic N) is 4. The van der Waals surface area contributed by atoms with E-state index < -0.39 is 0 Å². The lowest BCUT2D eigenvalue weighted by atomic mass is 9.98. The van der Waals surface area contributed by atoms with Crippen LogP contribution in [0.3, 0.4) is 0 Å². The minimum atomic E-state index is -0.139. The molecule has 0 aliphatic rings. The molecule has 1 aromatic carbocycles. The Hall–Kier alpha value is -3.23. The van der Waals surface area contributed by atoms with Gasteiger partial charge in [-0.2, -0.15) is 5.10 Å². The van der Waals surface area contributed by atoms with Crippen LogP contribution in [0.5, 0.6) is 0 Å². The van der Waals surface area contributed by atoms with Crippen molar-refractivity contribution in [1.29, 1.82) is 0 Å². The predicted octanol–water partition coefficient (Wildman–Crippen LogP) is 1.80. The van der Waals surface area contributed by atoms with E-state index in [0.29, 0.717) is 22.7 Å². The molecule has 0 unspecified atom stereocenters. The zero-order valence-electron chi connectivity index (χ0n) is 13.6. The number of aromatic amines is 1. The molecule has 0 aliphatic carbocycles. The monoisotopic (exact) mass is 335 g/mol. The molecule has 126 valence electrons. The van der Waals surface area contributed by atoms with Crippen molar-refractivity contribution in [3.8, 4) is 22.5 Å². The van der Waals surface area contributed by atoms with Gasteiger partial charge in [-0.05, 0) is 17.7 Å². The smallest absolute Gasteiger partial charge is 0.158 e. The van der Waals surface area contributed by atoms with Crippen molar-refractivity contribution in [2.75, 3.05) is 5.43 Å². The number of pyridine rings is 1. The van der Waals surface area contributed by atoms with E-state index >= 15 is 0 Å². The second-order valence-electron chi connectivity index (χ2n) is 5.68. The Balaban J connectivity index is 1.93. The second kappa shape index (κ2) is 6.00. The SMILES string of the molecule is Cn1cc(-c2nc3c(-c4cccc(NN)c4CO)ccnc3[nH]2)cn1. The molecule has 8 heteroatoms. The second-order valence-corrected chi connectivity index (χ2v) is 5.68. The van der Waals surface area contributed by atoms with Gasteiger partial charge in [-0.15, -0.1) is 0 Å². The maximum absolute atomic E-state index is 9.80. The molecule has 0 spiro atoms. The molecular weight excluding hydrogens is 318 g/mol. The first-order chi connectivity index (χ1) is 12.2. The summed E-state index contributed by atoms with van der Waals surface area (Å²) in [4.78, 5) is 12.3. The minimum Gasteiger partial charge on any atom is -0.392 e. The number of rotatable bonds is 4. The Bertz CT molecular complexity index is 1050. The number of nitrogens with two attached hydrogens (primary N) is 1. The molecule has 0 bridgehead atoms. The Labute approximate surface area is 143 Å². The topological polar surface area (TPSA) is 118 Å². The van der Waals surface area contributed by atoms with Gasteiger partial charge in [-0.1, -0.05) is 12.1 Å². The van der Waals surface area contributed by atoms with Crippen molar-refractivity contribution >= 4 is 16.9 Å². The standard InChI is InChI=1S/C17H17N7O/c1-24-8-10(7-20-24)16-21-15-12(5-6-19-17(15)22-16)11-3-2-4-14(23-18)13(11)9-25/h2-8,23,25H,9,18H2,1H3,(H,19,21,22). The number of fused-ring (bicyclic) bond motifs is 1. The maximum Gasteiger partial charge on any atom is 0.158 e. The van der Waals surface area contributed by atoms with Crippen molar-refractivity contribution in [3.05, 3.63) is 48.4 Å². The number of H-pyrrole nitrogens is 1. The quantitative estimate of drug-likeness (QED) is 0.334. The lowest BCUT2D eigenvalue weighted by Crippen LogP contribution is -2.10. The van der Waals surface area contributed by atoms with Crippen LogP contribution in [-0.2, 0) is 13.7 Å². The Morgan fingerprint density at radius 3 is 2.88 bits per heavy atom. The minimum absolute atomic E-state index is 0.139. The predicted molar refractivity (Wildman–Crippen MR) is 95.3 cm³/mol. The molecule has 25 heavy (non-hydrogen) atoms. The molecule has 0 fully saturated rings. The van der Waals surface area contributed by atoms with Gasteiger partial charge in [0.25, 0.3) is 0 Å². The fraction of sp³-hybridized carbons (Fsp3) is 0.118. The van der Waals surface area contributed by atoms with Crippen molar-refractivity contribution in [2.45, 2.75) is 6.61 Å². The molecule has 3 heterocycles. The number of nitrogen functional groups attached to an aromatic ring is 1. The number of imidazole rings is 1. The van der Waals surface area contributed by atoms with Crippen LogP contribution in [0.1, 0.15) is 5.56 Å². The summed E-state index contributed by atoms with van der Waals surface area (Å²) in [6.45, 7) is -0.139. The van der Waals surface area contributed by atoms with Gasteiger partial charge in [0.15, 0.2) is 5.65 Å². The normalized spacial score (nSPS) is 11.2. The molecule has 0 atom stereocenters. The number of aliphatic hydroxyl groups is 1. The largest absolute Gasteiger partial charge is 0.392 e. The summed E-state index contributed by atoms with van der Waals surface area (Å²) in [7, 11) is 1.86. The van der Waals surface area contributed by atoms with E-state index in [9.17, 15) is 5.11 Å². The molecule has 5 N–H and O–H groups in total. The lowest BCUT2D eigenvalue weighted by molar-refractivity contribution is 0.283. The molecule has 0 amide bonds. The first kappa shape index (κ1) is 15.3. The third kappa shape index (κ3) is 2.53. The van der Waals surface area contributed by atoms with Crippen LogP contribution in [0.25, 0.3) is 33.7 Å². The van der Waals surface area contributed by atoms with Crippen LogP contribution >= 0.6 is 0 Å². The highest BCUT2D eigenvalue weighted by Crippen LogP contribution is 2.33. The number of hydrogen-bond acceptors (Lipinski definition) is 6. The van der Waals surface area contributed by atoms with Crippen LogP contribution in [0.2, 0.25) is 0 Å². The number of benzene rings is 1. The number of hydrogen-bond donors (Lipinski definition) is 4. The molecule has 0 saturated carbocycles. The Morgan fingerprint density at radius 1 is 1.28 bits per heavy atom. The number of nitrogens with one attached hydrogen (secondary N) is 2. The van der Waals surface area contributed by atoms with E-state index in [4.69, 9.17) is 10.8 Å². The highest BCUT2D eigenvalue weighted by molar-refractivity contribution is 5.93. The summed E-state index contributed by atoms with van der Waals surface area (Å²) in [6.07, 6.45) is 5.34. The molecule has 4 rings (SSSR count). The van der Waals surface area contributed by atoms with E-state index in [0.717, 1.165) is 22.2 Å². The van der Waals surface area contributed by atoms with E-state index in [-0.39, 0.29) is 6.61 Å². The summed E-state index contributed by atoms with van der Waals surface area (Å²) in [5.41, 5.74) is 8.02. The van der Waals surface area contributed by atoms with Gasteiger partial charge < -0.3 is 15.5 Å². The highest BCUT2D eigenvalue weighted by atomic mass is 16.3. The average molecular weight is 335 g/mol. The third-order valence-electron chi connectivity index (χ3n) is 4.14. The molecule has 0 aliphatic heterocycles. The van der Waals surface area contributed by atoms with Gasteiger partial charge in [0.1, 0.15) is 11.3 Å². The van der Waals surface area contributed by atoms with Gasteiger partial charge in [0, 0.05) is 30.6 Å². The highest BCUT2D eigenvalue weighted by Gasteiger charge is 2.16. The molecular formula is C17H17N7O. The maximum atomic E-state index is 9.80. The van der Waals surface area contributed by atoms with Crippen LogP contribution in [-0.4, -0.2) is 29.8 Å². The lowest BCUT2D eigenvalue weighted by Gasteiger charge is -2.12. The summed E-state index contributed by atoms with van der Waals surface area (Å²) >= 11 is 0. The van der Waals surface area contributed by atoms with E-state index in [1.807, 2.05) is 37.5 Å². The molecule has 8 nitrogen and oxygen atoms in total. The summed E-state index contributed by atoms with van der Waals surface area (Å²) in [5, 5.41) is 14.0. The van der Waals surface area contributed by atoms with E-state index in [1.54, 1.807) is 17.1 Å². The third-order valence-corrected chi connectivity index (χ3v) is 4.14. The van der Waals surface area contributed by atoms with Crippen molar-refractivity contribution < 1.29 is 5.11 Å². The van der Waals surface area contributed by atoms with Crippen LogP contribution < -0.4 is 11.3 Å². The first-order valence-electron chi connectivity index (χ1n) is 7.74. The summed E-state index contributed by atoms with van der Waals surface area (Å²) in [5.74, 6) is 6.26. The number of aromatic nitrogens is 5. The van der Waals surface area contributed by atoms with Gasteiger partial charge >= 0.3 is 0 Å².